The van der Waals surface area contributed by atoms with Crippen LogP contribution in [0.15, 0.2) is 42.5 Å². The third-order valence-electron chi connectivity index (χ3n) is 6.03. The molecule has 1 heterocycles. The summed E-state index contributed by atoms with van der Waals surface area (Å²) in [6.07, 6.45) is -2.63. The van der Waals surface area contributed by atoms with Crippen molar-refractivity contribution in [1.29, 1.82) is 0 Å². The largest absolute Gasteiger partial charge is 0.494 e. The van der Waals surface area contributed by atoms with Crippen LogP contribution in [0, 0.1) is 0 Å². The SMILES string of the molecule is CCOc1ccc(Cc2cc([C@@H]3O[C@H](CO)[C@@H](O)[C@H](O)[C@H]3O)ccc2C2CC2)cc1. The maximum Gasteiger partial charge on any atom is 0.119 e. The van der Waals surface area contributed by atoms with Gasteiger partial charge >= 0.3 is 0 Å². The standard InChI is InChI=1S/C24H30O6/c1-2-29-18-8-3-14(4-9-18)11-17-12-16(7-10-19(17)15-5-6-15)24-23(28)22(27)21(26)20(13-25)30-24/h3-4,7-10,12,15,20-28H,2,5-6,11,13H2,1H3/t20-,21-,22+,23-,24+/m1/s1. The highest BCUT2D eigenvalue weighted by molar-refractivity contribution is 5.42. The average molecular weight is 414 g/mol. The summed E-state index contributed by atoms with van der Waals surface area (Å²) in [5.74, 6) is 1.41. The Kier molecular flexibility index (Phi) is 6.41. The van der Waals surface area contributed by atoms with Gasteiger partial charge in [0.05, 0.1) is 13.2 Å². The summed E-state index contributed by atoms with van der Waals surface area (Å²) < 4.78 is 11.3. The van der Waals surface area contributed by atoms with Gasteiger partial charge in [0.2, 0.25) is 0 Å². The molecule has 30 heavy (non-hydrogen) atoms. The van der Waals surface area contributed by atoms with Crippen LogP contribution in [0.4, 0.5) is 0 Å². The van der Waals surface area contributed by atoms with E-state index in [1.54, 1.807) is 0 Å². The van der Waals surface area contributed by atoms with E-state index in [4.69, 9.17) is 9.47 Å². The predicted octanol–water partition coefficient (Wildman–Crippen LogP) is 2.07. The molecule has 0 amide bonds. The first-order chi connectivity index (χ1) is 14.5. The van der Waals surface area contributed by atoms with Crippen LogP contribution >= 0.6 is 0 Å². The number of hydrogen-bond donors (Lipinski definition) is 4. The molecule has 5 atom stereocenters. The zero-order valence-electron chi connectivity index (χ0n) is 17.1. The third-order valence-corrected chi connectivity index (χ3v) is 6.03. The minimum atomic E-state index is -1.38. The van der Waals surface area contributed by atoms with E-state index < -0.39 is 37.1 Å². The van der Waals surface area contributed by atoms with E-state index in [-0.39, 0.29) is 0 Å². The maximum atomic E-state index is 10.5. The first-order valence-electron chi connectivity index (χ1n) is 10.7. The highest BCUT2D eigenvalue weighted by Crippen LogP contribution is 2.43. The smallest absolute Gasteiger partial charge is 0.119 e. The van der Waals surface area contributed by atoms with E-state index in [9.17, 15) is 20.4 Å². The van der Waals surface area contributed by atoms with Gasteiger partial charge in [-0.25, -0.2) is 0 Å². The van der Waals surface area contributed by atoms with E-state index in [1.165, 1.54) is 18.4 Å². The normalized spacial score (nSPS) is 29.0. The van der Waals surface area contributed by atoms with Crippen molar-refractivity contribution in [2.45, 2.75) is 62.6 Å². The second-order valence-corrected chi connectivity index (χ2v) is 8.24. The molecule has 1 aliphatic carbocycles. The van der Waals surface area contributed by atoms with Crippen LogP contribution in [0.3, 0.4) is 0 Å². The van der Waals surface area contributed by atoms with E-state index in [1.807, 2.05) is 31.2 Å². The summed E-state index contributed by atoms with van der Waals surface area (Å²) >= 11 is 0. The van der Waals surface area contributed by atoms with Crippen LogP contribution in [0.1, 0.15) is 54.0 Å². The van der Waals surface area contributed by atoms with Gasteiger partial charge < -0.3 is 29.9 Å². The summed E-state index contributed by atoms with van der Waals surface area (Å²) in [4.78, 5) is 0. The highest BCUT2D eigenvalue weighted by atomic mass is 16.5. The molecule has 4 N–H and O–H groups in total. The Morgan fingerprint density at radius 2 is 1.70 bits per heavy atom. The van der Waals surface area contributed by atoms with Crippen LogP contribution in [0.5, 0.6) is 5.75 Å². The highest BCUT2D eigenvalue weighted by Gasteiger charge is 2.44. The van der Waals surface area contributed by atoms with Crippen LogP contribution in [0.25, 0.3) is 0 Å². The fourth-order valence-corrected chi connectivity index (χ4v) is 4.22. The van der Waals surface area contributed by atoms with Gasteiger partial charge in [-0.2, -0.15) is 0 Å². The molecule has 0 spiro atoms. The molecule has 0 aromatic heterocycles. The zero-order chi connectivity index (χ0) is 21.3. The molecule has 6 heteroatoms. The number of rotatable bonds is 7. The number of ether oxygens (including phenoxy) is 2. The maximum absolute atomic E-state index is 10.5. The summed E-state index contributed by atoms with van der Waals surface area (Å²) in [5.41, 5.74) is 4.36. The Labute approximate surface area is 176 Å². The summed E-state index contributed by atoms with van der Waals surface area (Å²) in [6, 6.07) is 14.1. The molecule has 6 nitrogen and oxygen atoms in total. The lowest BCUT2D eigenvalue weighted by molar-refractivity contribution is -0.231. The molecule has 0 bridgehead atoms. The Bertz CT molecular complexity index is 845. The second-order valence-electron chi connectivity index (χ2n) is 8.24. The monoisotopic (exact) mass is 414 g/mol. The molecule has 1 saturated carbocycles. The second kappa shape index (κ2) is 9.04. The minimum absolute atomic E-state index is 0.430. The third kappa shape index (κ3) is 4.38. The Hall–Kier alpha value is -1.96. The lowest BCUT2D eigenvalue weighted by Gasteiger charge is -2.40. The minimum Gasteiger partial charge on any atom is -0.494 e. The molecule has 1 aliphatic heterocycles. The Balaban J connectivity index is 1.61. The lowest BCUT2D eigenvalue weighted by Crippen LogP contribution is -2.55. The quantitative estimate of drug-likeness (QED) is 0.554. The average Bonchev–Trinajstić information content (AvgIpc) is 3.59. The fraction of sp³-hybridized carbons (Fsp3) is 0.500. The van der Waals surface area contributed by atoms with Gasteiger partial charge in [-0.1, -0.05) is 30.3 Å². The first-order valence-corrected chi connectivity index (χ1v) is 10.7. The van der Waals surface area contributed by atoms with Gasteiger partial charge in [-0.15, -0.1) is 0 Å². The summed E-state index contributed by atoms with van der Waals surface area (Å²) in [7, 11) is 0. The Morgan fingerprint density at radius 1 is 0.967 bits per heavy atom. The van der Waals surface area contributed by atoms with Crippen molar-refractivity contribution in [3.8, 4) is 5.75 Å². The molecule has 2 fully saturated rings. The van der Waals surface area contributed by atoms with Crippen molar-refractivity contribution in [3.05, 3.63) is 64.7 Å². The van der Waals surface area contributed by atoms with Crippen molar-refractivity contribution >= 4 is 0 Å². The van der Waals surface area contributed by atoms with Crippen LogP contribution in [-0.2, 0) is 11.2 Å². The van der Waals surface area contributed by atoms with Crippen molar-refractivity contribution in [3.63, 3.8) is 0 Å². The van der Waals surface area contributed by atoms with Gasteiger partial charge in [0.1, 0.15) is 36.3 Å². The van der Waals surface area contributed by atoms with Crippen molar-refractivity contribution in [2.75, 3.05) is 13.2 Å². The molecule has 0 unspecified atom stereocenters. The molecule has 0 radical (unpaired) electrons. The van der Waals surface area contributed by atoms with E-state index in [0.717, 1.165) is 28.9 Å². The van der Waals surface area contributed by atoms with Crippen molar-refractivity contribution in [1.82, 2.24) is 0 Å². The molecule has 1 saturated heterocycles. The van der Waals surface area contributed by atoms with Crippen molar-refractivity contribution < 1.29 is 29.9 Å². The van der Waals surface area contributed by atoms with Gasteiger partial charge in [-0.3, -0.25) is 0 Å². The molecular weight excluding hydrogens is 384 g/mol. The van der Waals surface area contributed by atoms with E-state index >= 15 is 0 Å². The summed E-state index contributed by atoms with van der Waals surface area (Å²) in [5, 5.41) is 40.2. The fourth-order valence-electron chi connectivity index (χ4n) is 4.22. The predicted molar refractivity (Wildman–Crippen MR) is 112 cm³/mol. The van der Waals surface area contributed by atoms with Crippen LogP contribution in [-0.4, -0.2) is 58.1 Å². The molecule has 2 aromatic rings. The molecule has 162 valence electrons. The van der Waals surface area contributed by atoms with E-state index in [2.05, 4.69) is 18.2 Å². The van der Waals surface area contributed by atoms with Gasteiger partial charge in [0, 0.05) is 0 Å². The first kappa shape index (κ1) is 21.3. The van der Waals surface area contributed by atoms with Gasteiger partial charge in [-0.05, 0) is 66.5 Å². The molecule has 2 aliphatic rings. The van der Waals surface area contributed by atoms with Crippen molar-refractivity contribution in [2.24, 2.45) is 0 Å². The van der Waals surface area contributed by atoms with Gasteiger partial charge in [0.25, 0.3) is 0 Å². The molecular formula is C24H30O6. The Morgan fingerprint density at radius 3 is 2.33 bits per heavy atom. The molecule has 4 rings (SSSR count). The van der Waals surface area contributed by atoms with Crippen LogP contribution < -0.4 is 4.74 Å². The van der Waals surface area contributed by atoms with Gasteiger partial charge in [0.15, 0.2) is 0 Å². The zero-order valence-corrected chi connectivity index (χ0v) is 17.1. The lowest BCUT2D eigenvalue weighted by atomic mass is 9.88. The summed E-state index contributed by atoms with van der Waals surface area (Å²) in [6.45, 7) is 2.16. The van der Waals surface area contributed by atoms with Crippen LogP contribution in [0.2, 0.25) is 0 Å². The number of benzene rings is 2. The number of aliphatic hydroxyl groups is 4. The topological polar surface area (TPSA) is 99.4 Å². The number of hydrogen-bond acceptors (Lipinski definition) is 6. The van der Waals surface area contributed by atoms with E-state index in [0.29, 0.717) is 12.5 Å². The number of aliphatic hydroxyl groups excluding tert-OH is 4. The molecule has 2 aromatic carbocycles.